The van der Waals surface area contributed by atoms with Crippen LogP contribution in [0.4, 0.5) is 0 Å². The van der Waals surface area contributed by atoms with E-state index in [1.165, 1.54) is 405 Å². The molecular formula is C88H169NO5. The number of rotatable bonds is 82. The Kier molecular flexibility index (Phi) is 81.8. The lowest BCUT2D eigenvalue weighted by atomic mass is 10.0. The van der Waals surface area contributed by atoms with E-state index in [-0.39, 0.29) is 18.5 Å². The molecule has 0 radical (unpaired) electrons. The predicted octanol–water partition coefficient (Wildman–Crippen LogP) is 28.9. The molecule has 0 aromatic carbocycles. The Balaban J connectivity index is 3.34. The van der Waals surface area contributed by atoms with E-state index in [1.807, 2.05) is 0 Å². The van der Waals surface area contributed by atoms with E-state index in [9.17, 15) is 19.8 Å². The largest absolute Gasteiger partial charge is 0.466 e. The van der Waals surface area contributed by atoms with Crippen molar-refractivity contribution in [2.45, 2.75) is 501 Å². The zero-order valence-electron chi connectivity index (χ0n) is 64.0. The van der Waals surface area contributed by atoms with Gasteiger partial charge in [0.1, 0.15) is 0 Å². The monoisotopic (exact) mass is 1320 g/mol. The number of aliphatic hydroxyl groups excluding tert-OH is 2. The summed E-state index contributed by atoms with van der Waals surface area (Å²) in [5, 5.41) is 23.5. The van der Waals surface area contributed by atoms with Gasteiger partial charge in [-0.1, -0.05) is 429 Å². The van der Waals surface area contributed by atoms with Gasteiger partial charge in [0, 0.05) is 12.8 Å². The van der Waals surface area contributed by atoms with Crippen molar-refractivity contribution in [3.8, 4) is 0 Å². The molecule has 6 nitrogen and oxygen atoms in total. The zero-order chi connectivity index (χ0) is 67.7. The molecule has 0 rings (SSSR count). The Bertz CT molecular complexity index is 1520. The average molecular weight is 1320 g/mol. The number of carbonyl (C=O) groups is 2. The molecule has 2 unspecified atom stereocenters. The van der Waals surface area contributed by atoms with Gasteiger partial charge in [-0.2, -0.15) is 0 Å². The topological polar surface area (TPSA) is 95.9 Å². The second-order valence-electron chi connectivity index (χ2n) is 29.9. The molecule has 0 aliphatic carbocycles. The lowest BCUT2D eigenvalue weighted by Gasteiger charge is -2.22. The van der Waals surface area contributed by atoms with Gasteiger partial charge in [0.15, 0.2) is 0 Å². The molecule has 556 valence electrons. The van der Waals surface area contributed by atoms with Crippen LogP contribution in [0.25, 0.3) is 0 Å². The number of esters is 1. The first-order chi connectivity index (χ1) is 46.5. The van der Waals surface area contributed by atoms with Gasteiger partial charge in [-0.15, -0.1) is 0 Å². The Hall–Kier alpha value is -1.92. The number of ether oxygens (including phenoxy) is 1. The maximum absolute atomic E-state index is 12.6. The van der Waals surface area contributed by atoms with Crippen molar-refractivity contribution in [3.05, 3.63) is 36.5 Å². The third-order valence-electron chi connectivity index (χ3n) is 20.4. The number of nitrogens with one attached hydrogen (secondary N) is 1. The number of carbonyl (C=O) groups excluding carboxylic acids is 2. The van der Waals surface area contributed by atoms with Crippen LogP contribution in [0.5, 0.6) is 0 Å². The Morgan fingerprint density at radius 1 is 0.298 bits per heavy atom. The van der Waals surface area contributed by atoms with Crippen LogP contribution in [-0.4, -0.2) is 47.4 Å². The summed E-state index contributed by atoms with van der Waals surface area (Å²) in [7, 11) is 0. The van der Waals surface area contributed by atoms with E-state index in [1.54, 1.807) is 0 Å². The van der Waals surface area contributed by atoms with Gasteiger partial charge in [-0.3, -0.25) is 9.59 Å². The number of allylic oxidation sites excluding steroid dienone is 6. The molecule has 3 N–H and O–H groups in total. The smallest absolute Gasteiger partial charge is 0.305 e. The second kappa shape index (κ2) is 83.5. The number of unbranched alkanes of at least 4 members (excludes halogenated alkanes) is 65. The second-order valence-corrected chi connectivity index (χ2v) is 29.9. The van der Waals surface area contributed by atoms with Crippen molar-refractivity contribution in [2.75, 3.05) is 13.2 Å². The highest BCUT2D eigenvalue weighted by Crippen LogP contribution is 2.21. The quantitative estimate of drug-likeness (QED) is 0.0320. The summed E-state index contributed by atoms with van der Waals surface area (Å²) in [6.45, 7) is 4.98. The lowest BCUT2D eigenvalue weighted by molar-refractivity contribution is -0.143. The van der Waals surface area contributed by atoms with Crippen LogP contribution in [0.2, 0.25) is 0 Å². The normalized spacial score (nSPS) is 12.6. The first kappa shape index (κ1) is 92.1. The highest BCUT2D eigenvalue weighted by Gasteiger charge is 2.20. The van der Waals surface area contributed by atoms with Crippen molar-refractivity contribution in [3.63, 3.8) is 0 Å². The van der Waals surface area contributed by atoms with E-state index in [0.29, 0.717) is 25.9 Å². The highest BCUT2D eigenvalue weighted by atomic mass is 16.5. The SMILES string of the molecule is CCCCC/C=C\C/C=C\CCCCCCCCCC(=O)OCCCCCCCCCCCCCCCC/C=C\CCCCCCCCCCCCCCCCCCCC(=O)NC(CO)C(O)CCCCCCCCCCCCCCCCCCCCCCCCCCC. The molecule has 0 saturated heterocycles. The minimum Gasteiger partial charge on any atom is -0.466 e. The lowest BCUT2D eigenvalue weighted by Crippen LogP contribution is -2.45. The van der Waals surface area contributed by atoms with Gasteiger partial charge in [-0.25, -0.2) is 0 Å². The fourth-order valence-corrected chi connectivity index (χ4v) is 13.8. The summed E-state index contributed by atoms with van der Waals surface area (Å²) >= 11 is 0. The van der Waals surface area contributed by atoms with Crippen molar-refractivity contribution in [1.82, 2.24) is 5.32 Å². The highest BCUT2D eigenvalue weighted by molar-refractivity contribution is 5.76. The minimum atomic E-state index is -0.664. The molecule has 0 aromatic rings. The maximum atomic E-state index is 12.6. The van der Waals surface area contributed by atoms with Gasteiger partial charge in [-0.05, 0) is 83.5 Å². The van der Waals surface area contributed by atoms with Crippen LogP contribution in [0, 0.1) is 0 Å². The van der Waals surface area contributed by atoms with Crippen molar-refractivity contribution < 1.29 is 24.5 Å². The van der Waals surface area contributed by atoms with Crippen LogP contribution < -0.4 is 5.32 Å². The molecule has 0 saturated carbocycles. The van der Waals surface area contributed by atoms with Crippen LogP contribution >= 0.6 is 0 Å². The first-order valence-corrected chi connectivity index (χ1v) is 43.2. The fourth-order valence-electron chi connectivity index (χ4n) is 13.8. The summed E-state index contributed by atoms with van der Waals surface area (Å²) < 4.78 is 5.51. The Labute approximate surface area is 589 Å². The van der Waals surface area contributed by atoms with E-state index in [0.717, 1.165) is 51.4 Å². The molecule has 1 amide bonds. The molecule has 0 fully saturated rings. The van der Waals surface area contributed by atoms with Crippen molar-refractivity contribution in [2.24, 2.45) is 0 Å². The van der Waals surface area contributed by atoms with Crippen LogP contribution in [-0.2, 0) is 14.3 Å². The fraction of sp³-hybridized carbons (Fsp3) is 0.909. The van der Waals surface area contributed by atoms with Gasteiger partial charge in [0.25, 0.3) is 0 Å². The molecule has 0 aliphatic rings. The van der Waals surface area contributed by atoms with E-state index in [4.69, 9.17) is 4.74 Å². The number of hydrogen-bond donors (Lipinski definition) is 3. The number of aliphatic hydroxyl groups is 2. The Morgan fingerprint density at radius 3 is 0.840 bits per heavy atom. The van der Waals surface area contributed by atoms with E-state index >= 15 is 0 Å². The van der Waals surface area contributed by atoms with Gasteiger partial charge in [0.05, 0.1) is 25.4 Å². The third-order valence-corrected chi connectivity index (χ3v) is 20.4. The molecule has 94 heavy (non-hydrogen) atoms. The van der Waals surface area contributed by atoms with Gasteiger partial charge >= 0.3 is 5.97 Å². The van der Waals surface area contributed by atoms with Crippen molar-refractivity contribution >= 4 is 11.9 Å². The molecule has 2 atom stereocenters. The summed E-state index contributed by atoms with van der Waals surface area (Å²) in [6, 6.07) is -0.541. The van der Waals surface area contributed by atoms with Crippen LogP contribution in [0.1, 0.15) is 489 Å². The molecule has 0 spiro atoms. The maximum Gasteiger partial charge on any atom is 0.305 e. The summed E-state index contributed by atoms with van der Waals surface area (Å²) in [4.78, 5) is 24.7. The van der Waals surface area contributed by atoms with Crippen LogP contribution in [0.3, 0.4) is 0 Å². The first-order valence-electron chi connectivity index (χ1n) is 43.2. The average Bonchev–Trinajstić information content (AvgIpc) is 3.67. The third kappa shape index (κ3) is 79.1. The zero-order valence-corrected chi connectivity index (χ0v) is 64.0. The van der Waals surface area contributed by atoms with Gasteiger partial charge < -0.3 is 20.3 Å². The summed E-state index contributed by atoms with van der Waals surface area (Å²) in [6.07, 6.45) is 110. The number of amides is 1. The van der Waals surface area contributed by atoms with E-state index < -0.39 is 12.1 Å². The van der Waals surface area contributed by atoms with Crippen LogP contribution in [0.15, 0.2) is 36.5 Å². The summed E-state index contributed by atoms with van der Waals surface area (Å²) in [5.41, 5.74) is 0. The standard InChI is InChI=1S/C88H169NO5/c1-3-5-7-9-11-13-15-17-19-21-22-23-24-36-39-42-45-49-52-56-60-64-68-72-76-80-86(91)85(84-90)89-87(92)81-77-73-69-65-61-57-53-50-46-43-40-37-34-32-30-28-26-25-27-29-31-33-35-38-41-44-47-51-55-59-63-67-71-75-79-83-94-88(93)82-78-74-70-66-62-58-54-48-20-18-16-14-12-10-8-6-4-2/h12,14,18,20,27,29,85-86,90-91H,3-11,13,15-17,19,21-26,28,30-84H2,1-2H3,(H,89,92)/b14-12-,20-18-,29-27-. The summed E-state index contributed by atoms with van der Waals surface area (Å²) in [5.74, 6) is -0.0119. The molecule has 0 aliphatic heterocycles. The predicted molar refractivity (Wildman–Crippen MR) is 416 cm³/mol. The van der Waals surface area contributed by atoms with E-state index in [2.05, 4.69) is 55.6 Å². The molecule has 0 aromatic heterocycles. The molecule has 0 bridgehead atoms. The molecule has 6 heteroatoms. The Morgan fingerprint density at radius 2 is 0.532 bits per heavy atom. The van der Waals surface area contributed by atoms with Crippen molar-refractivity contribution in [1.29, 1.82) is 0 Å². The molecule has 0 heterocycles. The van der Waals surface area contributed by atoms with Gasteiger partial charge in [0.2, 0.25) is 5.91 Å². The number of hydrogen-bond acceptors (Lipinski definition) is 5. The molecular weight excluding hydrogens is 1150 g/mol. The minimum absolute atomic E-state index is 0.0134.